The van der Waals surface area contributed by atoms with Gasteiger partial charge in [0.05, 0.1) is 11.8 Å². The van der Waals surface area contributed by atoms with E-state index in [9.17, 15) is 4.79 Å². The highest BCUT2D eigenvalue weighted by atomic mass is 32.2. The maximum Gasteiger partial charge on any atom is 0.230 e. The Kier molecular flexibility index (Phi) is 5.15. The Hall–Kier alpha value is -1.15. The number of aliphatic hydroxyl groups excluding tert-OH is 1. The summed E-state index contributed by atoms with van der Waals surface area (Å²) in [5.41, 5.74) is 0. The molecule has 0 spiro atoms. The third kappa shape index (κ3) is 4.17. The predicted octanol–water partition coefficient (Wildman–Crippen LogP) is 0.377. The second kappa shape index (κ2) is 6.85. The lowest BCUT2D eigenvalue weighted by Gasteiger charge is -2.15. The monoisotopic (exact) mass is 285 g/mol. The molecule has 1 unspecified atom stereocenters. The third-order valence-corrected chi connectivity index (χ3v) is 3.96. The Bertz CT molecular complexity index is 421. The van der Waals surface area contributed by atoms with E-state index < -0.39 is 0 Å². The predicted molar refractivity (Wildman–Crippen MR) is 70.7 cm³/mol. The molecule has 1 aromatic heterocycles. The maximum atomic E-state index is 11.8. The second-order valence-electron chi connectivity index (χ2n) is 4.61. The lowest BCUT2D eigenvalue weighted by molar-refractivity contribution is -0.119. The van der Waals surface area contributed by atoms with Gasteiger partial charge in [0.15, 0.2) is 0 Å². The number of aliphatic hydroxyl groups is 1. The van der Waals surface area contributed by atoms with Gasteiger partial charge in [0.1, 0.15) is 0 Å². The van der Waals surface area contributed by atoms with Crippen LogP contribution in [0.3, 0.4) is 0 Å². The van der Waals surface area contributed by atoms with Gasteiger partial charge < -0.3 is 10.4 Å². The number of carbonyl (C=O) groups excluding carboxylic acids is 1. The van der Waals surface area contributed by atoms with Gasteiger partial charge in [-0.1, -0.05) is 18.7 Å². The number of hydrogen-bond acceptors (Lipinski definition) is 6. The highest BCUT2D eigenvalue weighted by molar-refractivity contribution is 7.99. The minimum absolute atomic E-state index is 0.0394. The third-order valence-electron chi connectivity index (χ3n) is 3.02. The largest absolute Gasteiger partial charge is 0.396 e. The maximum absolute atomic E-state index is 11.8. The summed E-state index contributed by atoms with van der Waals surface area (Å²) in [6, 6.07) is 0.455. The Morgan fingerprint density at radius 1 is 1.63 bits per heavy atom. The SMILES string of the molecule is CCC(CCO)NC(=O)CSc1nnnn1C1CC1. The van der Waals surface area contributed by atoms with E-state index >= 15 is 0 Å². The summed E-state index contributed by atoms with van der Waals surface area (Å²) in [6.07, 6.45) is 3.63. The molecule has 2 rings (SSSR count). The molecule has 1 heterocycles. The molecule has 1 atom stereocenters. The smallest absolute Gasteiger partial charge is 0.230 e. The van der Waals surface area contributed by atoms with Crippen LogP contribution < -0.4 is 5.32 Å². The molecule has 8 heteroatoms. The zero-order chi connectivity index (χ0) is 13.7. The molecule has 1 aliphatic rings. The zero-order valence-corrected chi connectivity index (χ0v) is 11.8. The molecule has 106 valence electrons. The number of nitrogens with one attached hydrogen (secondary N) is 1. The van der Waals surface area contributed by atoms with E-state index in [1.54, 1.807) is 4.68 Å². The van der Waals surface area contributed by atoms with E-state index in [2.05, 4.69) is 20.8 Å². The molecule has 1 aliphatic carbocycles. The molecule has 1 fully saturated rings. The first-order valence-corrected chi connectivity index (χ1v) is 7.54. The van der Waals surface area contributed by atoms with Gasteiger partial charge in [0, 0.05) is 12.6 Å². The number of tetrazole rings is 1. The summed E-state index contributed by atoms with van der Waals surface area (Å²) >= 11 is 1.35. The molecule has 0 radical (unpaired) electrons. The van der Waals surface area contributed by atoms with E-state index in [1.807, 2.05) is 6.92 Å². The van der Waals surface area contributed by atoms with Gasteiger partial charge >= 0.3 is 0 Å². The Morgan fingerprint density at radius 3 is 3.05 bits per heavy atom. The zero-order valence-electron chi connectivity index (χ0n) is 10.9. The van der Waals surface area contributed by atoms with Crippen molar-refractivity contribution in [2.45, 2.75) is 49.8 Å². The molecule has 1 aromatic rings. The van der Waals surface area contributed by atoms with E-state index in [0.29, 0.717) is 23.4 Å². The van der Waals surface area contributed by atoms with Crippen LogP contribution >= 0.6 is 11.8 Å². The average molecular weight is 285 g/mol. The van der Waals surface area contributed by atoms with Crippen LogP contribution in [0.2, 0.25) is 0 Å². The van der Waals surface area contributed by atoms with Crippen LogP contribution in [-0.4, -0.2) is 49.6 Å². The topological polar surface area (TPSA) is 92.9 Å². The first-order chi connectivity index (χ1) is 9.24. The van der Waals surface area contributed by atoms with Gasteiger partial charge in [-0.3, -0.25) is 4.79 Å². The van der Waals surface area contributed by atoms with Crippen LogP contribution in [0.5, 0.6) is 0 Å². The van der Waals surface area contributed by atoms with Crippen LogP contribution in [0.25, 0.3) is 0 Å². The standard InChI is InChI=1S/C11H19N5O2S/c1-2-8(5-6-17)12-10(18)7-19-11-13-14-15-16(11)9-3-4-9/h8-9,17H,2-7H2,1H3,(H,12,18). The number of hydrogen-bond donors (Lipinski definition) is 2. The minimum atomic E-state index is -0.0457. The van der Waals surface area contributed by atoms with Crippen molar-refractivity contribution < 1.29 is 9.90 Å². The highest BCUT2D eigenvalue weighted by Gasteiger charge is 2.28. The Labute approximate surface area is 116 Å². The number of amides is 1. The summed E-state index contributed by atoms with van der Waals surface area (Å²) in [5, 5.41) is 24.0. The van der Waals surface area contributed by atoms with Gasteiger partial charge in [-0.2, -0.15) is 0 Å². The molecule has 0 aromatic carbocycles. The molecule has 1 amide bonds. The number of aromatic nitrogens is 4. The highest BCUT2D eigenvalue weighted by Crippen LogP contribution is 2.36. The Morgan fingerprint density at radius 2 is 2.42 bits per heavy atom. The van der Waals surface area contributed by atoms with Crippen LogP contribution in [0.15, 0.2) is 5.16 Å². The number of nitrogens with zero attached hydrogens (tertiary/aromatic N) is 4. The minimum Gasteiger partial charge on any atom is -0.396 e. The fraction of sp³-hybridized carbons (Fsp3) is 0.818. The lowest BCUT2D eigenvalue weighted by atomic mass is 10.1. The van der Waals surface area contributed by atoms with Crippen molar-refractivity contribution in [3.05, 3.63) is 0 Å². The lowest BCUT2D eigenvalue weighted by Crippen LogP contribution is -2.36. The second-order valence-corrected chi connectivity index (χ2v) is 5.55. The van der Waals surface area contributed by atoms with Gasteiger partial charge in [-0.15, -0.1) is 5.10 Å². The molecule has 7 nitrogen and oxygen atoms in total. The van der Waals surface area contributed by atoms with Gasteiger partial charge in [-0.05, 0) is 36.1 Å². The van der Waals surface area contributed by atoms with E-state index in [-0.39, 0.29) is 18.6 Å². The Balaban J connectivity index is 1.77. The summed E-state index contributed by atoms with van der Waals surface area (Å²) in [5.74, 6) is 0.255. The van der Waals surface area contributed by atoms with Crippen molar-refractivity contribution in [1.82, 2.24) is 25.5 Å². The van der Waals surface area contributed by atoms with E-state index in [4.69, 9.17) is 5.11 Å². The normalized spacial score (nSPS) is 16.3. The van der Waals surface area contributed by atoms with Gasteiger partial charge in [0.2, 0.25) is 11.1 Å². The van der Waals surface area contributed by atoms with Gasteiger partial charge in [-0.25, -0.2) is 4.68 Å². The number of thioether (sulfide) groups is 1. The summed E-state index contributed by atoms with van der Waals surface area (Å²) < 4.78 is 1.79. The number of carbonyl (C=O) groups is 1. The fourth-order valence-corrected chi connectivity index (χ4v) is 2.52. The first-order valence-electron chi connectivity index (χ1n) is 6.55. The van der Waals surface area contributed by atoms with Crippen molar-refractivity contribution >= 4 is 17.7 Å². The average Bonchev–Trinajstić information content (AvgIpc) is 3.15. The van der Waals surface area contributed by atoms with Crippen molar-refractivity contribution in [1.29, 1.82) is 0 Å². The molecule has 0 bridgehead atoms. The van der Waals surface area contributed by atoms with Crippen LogP contribution in [0.1, 0.15) is 38.6 Å². The molecule has 19 heavy (non-hydrogen) atoms. The molecule has 1 saturated carbocycles. The quantitative estimate of drug-likeness (QED) is 0.671. The summed E-state index contributed by atoms with van der Waals surface area (Å²) in [7, 11) is 0. The van der Waals surface area contributed by atoms with Crippen LogP contribution in [0.4, 0.5) is 0 Å². The summed E-state index contributed by atoms with van der Waals surface area (Å²) in [4.78, 5) is 11.8. The molecule has 2 N–H and O–H groups in total. The molecular formula is C11H19N5O2S. The van der Waals surface area contributed by atoms with Crippen molar-refractivity contribution in [3.63, 3.8) is 0 Å². The van der Waals surface area contributed by atoms with Crippen LogP contribution in [0, 0.1) is 0 Å². The van der Waals surface area contributed by atoms with Gasteiger partial charge in [0.25, 0.3) is 0 Å². The fourth-order valence-electron chi connectivity index (χ4n) is 1.76. The van der Waals surface area contributed by atoms with E-state index in [0.717, 1.165) is 19.3 Å². The molecule has 0 saturated heterocycles. The van der Waals surface area contributed by atoms with Crippen molar-refractivity contribution in [2.24, 2.45) is 0 Å². The van der Waals surface area contributed by atoms with Crippen molar-refractivity contribution in [2.75, 3.05) is 12.4 Å². The van der Waals surface area contributed by atoms with Crippen LogP contribution in [-0.2, 0) is 4.79 Å². The first kappa shape index (κ1) is 14.3. The van der Waals surface area contributed by atoms with E-state index in [1.165, 1.54) is 11.8 Å². The molecular weight excluding hydrogens is 266 g/mol. The van der Waals surface area contributed by atoms with Crippen molar-refractivity contribution in [3.8, 4) is 0 Å². The number of rotatable bonds is 8. The summed E-state index contributed by atoms with van der Waals surface area (Å²) in [6.45, 7) is 2.08. The molecule has 0 aliphatic heterocycles.